The van der Waals surface area contributed by atoms with Crippen molar-refractivity contribution in [2.75, 3.05) is 13.6 Å². The molecule has 2 unspecified atom stereocenters. The van der Waals surface area contributed by atoms with Crippen LogP contribution in [0.1, 0.15) is 46.5 Å². The highest BCUT2D eigenvalue weighted by atomic mass is 35.5. The van der Waals surface area contributed by atoms with Crippen molar-refractivity contribution >= 4 is 12.4 Å². The topological polar surface area (TPSA) is 15.3 Å². The van der Waals surface area contributed by atoms with Crippen LogP contribution in [0.5, 0.6) is 0 Å². The van der Waals surface area contributed by atoms with E-state index in [4.69, 9.17) is 0 Å². The lowest BCUT2D eigenvalue weighted by Gasteiger charge is -2.38. The van der Waals surface area contributed by atoms with E-state index in [0.717, 1.165) is 18.1 Å². The van der Waals surface area contributed by atoms with E-state index in [1.165, 1.54) is 32.2 Å². The molecule has 2 saturated heterocycles. The van der Waals surface area contributed by atoms with Gasteiger partial charge in [-0.05, 0) is 38.1 Å². The van der Waals surface area contributed by atoms with Gasteiger partial charge in [-0.2, -0.15) is 0 Å². The molecule has 2 aliphatic heterocycles. The minimum atomic E-state index is 0. The Kier molecular flexibility index (Phi) is 4.67. The molecule has 2 atom stereocenters. The molecule has 0 saturated carbocycles. The highest BCUT2D eigenvalue weighted by Gasteiger charge is 2.35. The minimum Gasteiger partial charge on any atom is -0.311 e. The zero-order valence-electron chi connectivity index (χ0n) is 11.1. The first-order valence-corrected chi connectivity index (χ1v) is 6.40. The number of piperidine rings is 1. The molecule has 0 aliphatic carbocycles. The number of halogens is 1. The maximum atomic E-state index is 3.71. The van der Waals surface area contributed by atoms with Gasteiger partial charge < -0.3 is 10.2 Å². The Hall–Kier alpha value is 0.210. The lowest BCUT2D eigenvalue weighted by molar-refractivity contribution is 0.129. The summed E-state index contributed by atoms with van der Waals surface area (Å²) < 4.78 is 0. The Balaban J connectivity index is 0.00000128. The molecule has 0 aromatic rings. The molecule has 2 aliphatic rings. The predicted molar refractivity (Wildman–Crippen MR) is 72.3 cm³/mol. The average Bonchev–Trinajstić information content (AvgIpc) is 2.42. The van der Waals surface area contributed by atoms with E-state index < -0.39 is 0 Å². The fourth-order valence-corrected chi connectivity index (χ4v) is 3.26. The van der Waals surface area contributed by atoms with E-state index in [0.29, 0.717) is 5.41 Å². The van der Waals surface area contributed by atoms with Gasteiger partial charge in [0.15, 0.2) is 0 Å². The van der Waals surface area contributed by atoms with Crippen LogP contribution in [0.15, 0.2) is 0 Å². The van der Waals surface area contributed by atoms with Gasteiger partial charge in [-0.1, -0.05) is 20.8 Å². The Morgan fingerprint density at radius 1 is 1.12 bits per heavy atom. The molecule has 2 heterocycles. The summed E-state index contributed by atoms with van der Waals surface area (Å²) in [6.07, 6.45) is 5.54. The van der Waals surface area contributed by atoms with Crippen molar-refractivity contribution in [3.63, 3.8) is 0 Å². The van der Waals surface area contributed by atoms with Crippen LogP contribution in [-0.4, -0.2) is 36.6 Å². The Bertz CT molecular complexity index is 212. The van der Waals surface area contributed by atoms with E-state index in [-0.39, 0.29) is 12.4 Å². The van der Waals surface area contributed by atoms with Gasteiger partial charge in [0, 0.05) is 24.7 Å². The number of nitrogens with zero attached hydrogens (tertiary/aromatic N) is 1. The van der Waals surface area contributed by atoms with Crippen molar-refractivity contribution in [3.05, 3.63) is 0 Å². The Morgan fingerprint density at radius 3 is 2.06 bits per heavy atom. The van der Waals surface area contributed by atoms with E-state index >= 15 is 0 Å². The summed E-state index contributed by atoms with van der Waals surface area (Å²) in [6.45, 7) is 8.22. The SMILES string of the molecule is CN(CC(C)(C)C)C1CC2CCC(C1)N2.Cl. The molecule has 16 heavy (non-hydrogen) atoms. The first-order valence-electron chi connectivity index (χ1n) is 6.40. The molecule has 2 rings (SSSR count). The third-order valence-corrected chi connectivity index (χ3v) is 3.80. The Labute approximate surface area is 107 Å². The maximum absolute atomic E-state index is 3.71. The third-order valence-electron chi connectivity index (χ3n) is 3.80. The molecule has 2 bridgehead atoms. The molecule has 0 aromatic heterocycles. The number of rotatable bonds is 2. The standard InChI is InChI=1S/C13H26N2.ClH/c1-13(2,3)9-15(4)12-7-10-5-6-11(8-12)14-10;/h10-12,14H,5-9H2,1-4H3;1H. The summed E-state index contributed by atoms with van der Waals surface area (Å²) >= 11 is 0. The van der Waals surface area contributed by atoms with E-state index in [1.54, 1.807) is 0 Å². The summed E-state index contributed by atoms with van der Waals surface area (Å²) in [6, 6.07) is 2.45. The van der Waals surface area contributed by atoms with Crippen molar-refractivity contribution in [3.8, 4) is 0 Å². The first kappa shape index (κ1) is 14.3. The second-order valence-electron chi connectivity index (χ2n) is 6.74. The number of hydrogen-bond donors (Lipinski definition) is 1. The second kappa shape index (κ2) is 5.24. The molecule has 96 valence electrons. The molecule has 0 spiro atoms. The summed E-state index contributed by atoms with van der Waals surface area (Å²) in [5.41, 5.74) is 0.429. The predicted octanol–water partition coefficient (Wildman–Crippen LogP) is 2.67. The molecular weight excluding hydrogens is 220 g/mol. The molecule has 1 N–H and O–H groups in total. The maximum Gasteiger partial charge on any atom is 0.0122 e. The highest BCUT2D eigenvalue weighted by molar-refractivity contribution is 5.85. The quantitative estimate of drug-likeness (QED) is 0.806. The molecule has 0 aromatic carbocycles. The zero-order valence-corrected chi connectivity index (χ0v) is 11.9. The number of nitrogens with one attached hydrogen (secondary N) is 1. The summed E-state index contributed by atoms with van der Waals surface area (Å²) in [7, 11) is 2.31. The van der Waals surface area contributed by atoms with Gasteiger partial charge in [-0.3, -0.25) is 0 Å². The lowest BCUT2D eigenvalue weighted by Crippen LogP contribution is -2.48. The number of fused-ring (bicyclic) bond motifs is 2. The fourth-order valence-electron chi connectivity index (χ4n) is 3.26. The normalized spacial score (nSPS) is 33.9. The molecule has 3 heteroatoms. The van der Waals surface area contributed by atoms with Crippen molar-refractivity contribution in [2.45, 2.75) is 64.6 Å². The smallest absolute Gasteiger partial charge is 0.0122 e. The first-order chi connectivity index (χ1) is 6.94. The van der Waals surface area contributed by atoms with Gasteiger partial charge in [0.1, 0.15) is 0 Å². The van der Waals surface area contributed by atoms with Gasteiger partial charge in [0.2, 0.25) is 0 Å². The van der Waals surface area contributed by atoms with Crippen LogP contribution in [-0.2, 0) is 0 Å². The zero-order chi connectivity index (χ0) is 11.1. The third kappa shape index (κ3) is 3.61. The van der Waals surface area contributed by atoms with Gasteiger partial charge in [-0.25, -0.2) is 0 Å². The van der Waals surface area contributed by atoms with E-state index in [1.807, 2.05) is 0 Å². The van der Waals surface area contributed by atoms with Crippen LogP contribution < -0.4 is 5.32 Å². The van der Waals surface area contributed by atoms with Crippen molar-refractivity contribution < 1.29 is 0 Å². The molecule has 0 amide bonds. The van der Waals surface area contributed by atoms with E-state index in [9.17, 15) is 0 Å². The van der Waals surface area contributed by atoms with Crippen molar-refractivity contribution in [1.82, 2.24) is 10.2 Å². The minimum absolute atomic E-state index is 0. The molecule has 0 radical (unpaired) electrons. The van der Waals surface area contributed by atoms with Gasteiger partial charge >= 0.3 is 0 Å². The summed E-state index contributed by atoms with van der Waals surface area (Å²) in [5, 5.41) is 3.71. The second-order valence-corrected chi connectivity index (χ2v) is 6.74. The molecule has 2 nitrogen and oxygen atoms in total. The van der Waals surface area contributed by atoms with Crippen LogP contribution in [0.3, 0.4) is 0 Å². The monoisotopic (exact) mass is 246 g/mol. The summed E-state index contributed by atoms with van der Waals surface area (Å²) in [4.78, 5) is 2.59. The van der Waals surface area contributed by atoms with Crippen LogP contribution in [0.25, 0.3) is 0 Å². The van der Waals surface area contributed by atoms with E-state index in [2.05, 4.69) is 38.0 Å². The van der Waals surface area contributed by atoms with Gasteiger partial charge in [0.25, 0.3) is 0 Å². The van der Waals surface area contributed by atoms with Gasteiger partial charge in [-0.15, -0.1) is 12.4 Å². The molecule has 2 fully saturated rings. The highest BCUT2D eigenvalue weighted by Crippen LogP contribution is 2.30. The van der Waals surface area contributed by atoms with Gasteiger partial charge in [0.05, 0.1) is 0 Å². The average molecular weight is 247 g/mol. The van der Waals surface area contributed by atoms with Crippen LogP contribution in [0.4, 0.5) is 0 Å². The lowest BCUT2D eigenvalue weighted by atomic mass is 9.92. The van der Waals surface area contributed by atoms with Crippen molar-refractivity contribution in [2.24, 2.45) is 5.41 Å². The van der Waals surface area contributed by atoms with Crippen LogP contribution in [0.2, 0.25) is 0 Å². The number of hydrogen-bond acceptors (Lipinski definition) is 2. The largest absolute Gasteiger partial charge is 0.311 e. The fraction of sp³-hybridized carbons (Fsp3) is 1.00. The van der Waals surface area contributed by atoms with Crippen molar-refractivity contribution in [1.29, 1.82) is 0 Å². The van der Waals surface area contributed by atoms with Crippen LogP contribution in [0, 0.1) is 5.41 Å². The molecular formula is C13H27ClN2. The Morgan fingerprint density at radius 2 is 1.62 bits per heavy atom. The van der Waals surface area contributed by atoms with Crippen LogP contribution >= 0.6 is 12.4 Å². The summed E-state index contributed by atoms with van der Waals surface area (Å²) in [5.74, 6) is 0.